The van der Waals surface area contributed by atoms with Gasteiger partial charge in [-0.1, -0.05) is 6.92 Å². The molecule has 1 heterocycles. The lowest BCUT2D eigenvalue weighted by molar-refractivity contribution is 0.823. The van der Waals surface area contributed by atoms with Crippen molar-refractivity contribution in [2.24, 2.45) is 4.99 Å². The Hall–Kier alpha value is 0.0200. The SMILES string of the molecule is CC1CCN=CS1. The Bertz CT molecular complexity index is 80.1. The van der Waals surface area contributed by atoms with Gasteiger partial charge in [0.05, 0.1) is 5.55 Å². The third-order valence-corrected chi connectivity index (χ3v) is 2.00. The highest BCUT2D eigenvalue weighted by Crippen LogP contribution is 2.14. The average molecular weight is 115 g/mol. The molecule has 0 saturated heterocycles. The van der Waals surface area contributed by atoms with Gasteiger partial charge in [-0.25, -0.2) is 0 Å². The van der Waals surface area contributed by atoms with Gasteiger partial charge in [0.1, 0.15) is 0 Å². The molecule has 0 aromatic carbocycles. The molecule has 0 bridgehead atoms. The van der Waals surface area contributed by atoms with Crippen molar-refractivity contribution in [3.63, 3.8) is 0 Å². The number of aliphatic imine (C=N–C) groups is 1. The lowest BCUT2D eigenvalue weighted by Crippen LogP contribution is -2.02. The van der Waals surface area contributed by atoms with E-state index in [1.165, 1.54) is 6.42 Å². The third-order valence-electron chi connectivity index (χ3n) is 1.03. The molecule has 0 spiro atoms. The highest BCUT2D eigenvalue weighted by molar-refractivity contribution is 8.12. The third kappa shape index (κ3) is 1.51. The van der Waals surface area contributed by atoms with Crippen LogP contribution in [0.4, 0.5) is 0 Å². The van der Waals surface area contributed by atoms with Gasteiger partial charge in [0, 0.05) is 11.8 Å². The van der Waals surface area contributed by atoms with Crippen LogP contribution < -0.4 is 0 Å². The highest BCUT2D eigenvalue weighted by Gasteiger charge is 2.01. The van der Waals surface area contributed by atoms with Crippen molar-refractivity contribution < 1.29 is 0 Å². The molecule has 40 valence electrons. The highest BCUT2D eigenvalue weighted by atomic mass is 32.2. The monoisotopic (exact) mass is 115 g/mol. The van der Waals surface area contributed by atoms with E-state index in [9.17, 15) is 0 Å². The molecule has 1 nitrogen and oxygen atoms in total. The lowest BCUT2D eigenvalue weighted by Gasteiger charge is -2.08. The molecule has 7 heavy (non-hydrogen) atoms. The molecular formula is C5H9NS. The molecule has 0 aromatic heterocycles. The van der Waals surface area contributed by atoms with Gasteiger partial charge in [-0.15, -0.1) is 11.8 Å². The van der Waals surface area contributed by atoms with Crippen molar-refractivity contribution >= 4 is 17.3 Å². The first kappa shape index (κ1) is 5.16. The van der Waals surface area contributed by atoms with E-state index in [0.29, 0.717) is 0 Å². The van der Waals surface area contributed by atoms with Crippen LogP contribution in [0.5, 0.6) is 0 Å². The van der Waals surface area contributed by atoms with Crippen LogP contribution in [0.3, 0.4) is 0 Å². The second-order valence-electron chi connectivity index (χ2n) is 1.75. The maximum absolute atomic E-state index is 4.07. The van der Waals surface area contributed by atoms with Gasteiger partial charge in [-0.2, -0.15) is 0 Å². The summed E-state index contributed by atoms with van der Waals surface area (Å²) in [5, 5.41) is 0.803. The number of rotatable bonds is 0. The van der Waals surface area contributed by atoms with Crippen molar-refractivity contribution in [1.82, 2.24) is 0 Å². The van der Waals surface area contributed by atoms with E-state index < -0.39 is 0 Å². The van der Waals surface area contributed by atoms with E-state index in [-0.39, 0.29) is 0 Å². The Morgan fingerprint density at radius 2 is 2.71 bits per heavy atom. The Morgan fingerprint density at radius 1 is 1.86 bits per heavy atom. The van der Waals surface area contributed by atoms with Crippen LogP contribution in [0, 0.1) is 0 Å². The number of hydrogen-bond acceptors (Lipinski definition) is 2. The largest absolute Gasteiger partial charge is 0.286 e. The van der Waals surface area contributed by atoms with E-state index in [1.807, 2.05) is 17.3 Å². The van der Waals surface area contributed by atoms with Gasteiger partial charge >= 0.3 is 0 Å². The molecule has 2 heteroatoms. The summed E-state index contributed by atoms with van der Waals surface area (Å²) in [6.45, 7) is 3.27. The second kappa shape index (κ2) is 2.36. The quantitative estimate of drug-likeness (QED) is 0.466. The molecular weight excluding hydrogens is 106 g/mol. The van der Waals surface area contributed by atoms with Gasteiger partial charge in [-0.3, -0.25) is 4.99 Å². The molecule has 0 radical (unpaired) electrons. The summed E-state index contributed by atoms with van der Waals surface area (Å²) in [4.78, 5) is 4.07. The van der Waals surface area contributed by atoms with Crippen LogP contribution in [-0.2, 0) is 0 Å². The van der Waals surface area contributed by atoms with Gasteiger partial charge in [0.25, 0.3) is 0 Å². The van der Waals surface area contributed by atoms with Gasteiger partial charge in [0.15, 0.2) is 0 Å². The molecule has 0 amide bonds. The maximum atomic E-state index is 4.07. The summed E-state index contributed by atoms with van der Waals surface area (Å²) in [6.07, 6.45) is 1.25. The molecule has 1 aliphatic heterocycles. The summed E-state index contributed by atoms with van der Waals surface area (Å²) in [6, 6.07) is 0. The Kier molecular flexibility index (Phi) is 1.74. The number of nitrogens with zero attached hydrogens (tertiary/aromatic N) is 1. The molecule has 1 unspecified atom stereocenters. The van der Waals surface area contributed by atoms with Crippen LogP contribution >= 0.6 is 11.8 Å². The van der Waals surface area contributed by atoms with E-state index in [4.69, 9.17) is 0 Å². The predicted molar refractivity (Wildman–Crippen MR) is 35.0 cm³/mol. The van der Waals surface area contributed by atoms with Gasteiger partial charge < -0.3 is 0 Å². The maximum Gasteiger partial charge on any atom is 0.0543 e. The first-order valence-corrected chi connectivity index (χ1v) is 3.47. The van der Waals surface area contributed by atoms with Crippen LogP contribution in [0.2, 0.25) is 0 Å². The second-order valence-corrected chi connectivity index (χ2v) is 3.03. The fourth-order valence-corrected chi connectivity index (χ4v) is 1.16. The zero-order chi connectivity index (χ0) is 5.11. The van der Waals surface area contributed by atoms with E-state index in [1.54, 1.807) is 0 Å². The standard InChI is InChI=1S/C5H9NS/c1-5-2-3-6-4-7-5/h4-5H,2-3H2,1H3. The molecule has 0 N–H and O–H groups in total. The van der Waals surface area contributed by atoms with E-state index in [0.717, 1.165) is 11.8 Å². The first-order chi connectivity index (χ1) is 3.39. The zero-order valence-electron chi connectivity index (χ0n) is 4.42. The summed E-state index contributed by atoms with van der Waals surface area (Å²) in [7, 11) is 0. The normalized spacial score (nSPS) is 30.7. The summed E-state index contributed by atoms with van der Waals surface area (Å²) in [5.41, 5.74) is 1.95. The molecule has 0 aliphatic carbocycles. The minimum Gasteiger partial charge on any atom is -0.286 e. The summed E-state index contributed by atoms with van der Waals surface area (Å²) < 4.78 is 0. The van der Waals surface area contributed by atoms with Crippen molar-refractivity contribution in [2.75, 3.05) is 6.54 Å². The van der Waals surface area contributed by atoms with Crippen LogP contribution in [0.1, 0.15) is 13.3 Å². The molecule has 1 rings (SSSR count). The minimum atomic E-state index is 0.803. The van der Waals surface area contributed by atoms with E-state index >= 15 is 0 Å². The lowest BCUT2D eigenvalue weighted by atomic mass is 10.3. The molecule has 0 fully saturated rings. The zero-order valence-corrected chi connectivity index (χ0v) is 5.24. The molecule has 1 aliphatic rings. The molecule has 1 atom stereocenters. The van der Waals surface area contributed by atoms with Crippen molar-refractivity contribution in [1.29, 1.82) is 0 Å². The predicted octanol–water partition coefficient (Wildman–Crippen LogP) is 1.54. The van der Waals surface area contributed by atoms with Gasteiger partial charge in [0.2, 0.25) is 0 Å². The van der Waals surface area contributed by atoms with Crippen LogP contribution in [0.25, 0.3) is 0 Å². The van der Waals surface area contributed by atoms with Gasteiger partial charge in [-0.05, 0) is 6.42 Å². The smallest absolute Gasteiger partial charge is 0.0543 e. The topological polar surface area (TPSA) is 12.4 Å². The van der Waals surface area contributed by atoms with Crippen molar-refractivity contribution in [2.45, 2.75) is 18.6 Å². The minimum absolute atomic E-state index is 0.803. The fraction of sp³-hybridized carbons (Fsp3) is 0.800. The van der Waals surface area contributed by atoms with Crippen LogP contribution in [-0.4, -0.2) is 17.3 Å². The Morgan fingerprint density at radius 3 is 3.00 bits per heavy atom. The summed E-state index contributed by atoms with van der Waals surface area (Å²) >= 11 is 1.83. The molecule has 0 aromatic rings. The van der Waals surface area contributed by atoms with E-state index in [2.05, 4.69) is 11.9 Å². The van der Waals surface area contributed by atoms with Crippen molar-refractivity contribution in [3.05, 3.63) is 0 Å². The number of hydrogen-bond donors (Lipinski definition) is 0. The summed E-state index contributed by atoms with van der Waals surface area (Å²) in [5.74, 6) is 0. The van der Waals surface area contributed by atoms with Crippen molar-refractivity contribution in [3.8, 4) is 0 Å². The fourth-order valence-electron chi connectivity index (χ4n) is 0.524. The van der Waals surface area contributed by atoms with Crippen LogP contribution in [0.15, 0.2) is 4.99 Å². The average Bonchev–Trinajstić information content (AvgIpc) is 1.69. The Labute approximate surface area is 48.2 Å². The Balaban J connectivity index is 2.32. The number of thioether (sulfide) groups is 1. The molecule has 0 saturated carbocycles. The first-order valence-electron chi connectivity index (χ1n) is 2.53.